The molecule has 1 N–H and O–H groups in total. The minimum Gasteiger partial charge on any atom is -0.493 e. The summed E-state index contributed by atoms with van der Waals surface area (Å²) in [6, 6.07) is 10.9. The van der Waals surface area contributed by atoms with Crippen LogP contribution in [0.4, 0.5) is 0 Å². The second-order valence-electron chi connectivity index (χ2n) is 11.2. The molecule has 2 aromatic carbocycles. The minimum absolute atomic E-state index is 0.0871. The van der Waals surface area contributed by atoms with E-state index in [1.54, 1.807) is 19.1 Å². The van der Waals surface area contributed by atoms with Crippen LogP contribution in [0.3, 0.4) is 0 Å². The van der Waals surface area contributed by atoms with Crippen molar-refractivity contribution in [2.45, 2.75) is 44.0 Å². The number of Topliss-reactive ketones (excluding diaryl/α,β-unsaturated/α-hetero) is 1. The largest absolute Gasteiger partial charge is 0.493 e. The molecule has 11 heteroatoms. The highest BCUT2D eigenvalue weighted by atomic mass is 16.7. The average Bonchev–Trinajstić information content (AvgIpc) is 3.64. The fourth-order valence-corrected chi connectivity index (χ4v) is 6.44. The quantitative estimate of drug-likeness (QED) is 0.382. The number of ether oxygens (including phenoxy) is 7. The van der Waals surface area contributed by atoms with Crippen molar-refractivity contribution in [3.05, 3.63) is 82.3 Å². The lowest BCUT2D eigenvalue weighted by Crippen LogP contribution is -2.58. The molecule has 6 rings (SSSR count). The van der Waals surface area contributed by atoms with Gasteiger partial charge in [0.25, 0.3) is 0 Å². The summed E-state index contributed by atoms with van der Waals surface area (Å²) in [7, 11) is 2.72. The molecule has 4 aliphatic rings. The van der Waals surface area contributed by atoms with Crippen LogP contribution in [0.2, 0.25) is 0 Å². The van der Waals surface area contributed by atoms with Crippen molar-refractivity contribution in [3.8, 4) is 17.2 Å². The van der Waals surface area contributed by atoms with Crippen molar-refractivity contribution in [1.82, 2.24) is 0 Å². The van der Waals surface area contributed by atoms with Crippen LogP contribution in [0, 0.1) is 5.92 Å². The van der Waals surface area contributed by atoms with Crippen molar-refractivity contribution in [2.75, 3.05) is 27.6 Å². The highest BCUT2D eigenvalue weighted by molar-refractivity contribution is 6.09. The zero-order valence-electron chi connectivity index (χ0n) is 24.9. The molecule has 0 fully saturated rings. The van der Waals surface area contributed by atoms with Crippen molar-refractivity contribution in [2.24, 2.45) is 5.92 Å². The molecular weight excluding hydrogens is 572 g/mol. The summed E-state index contributed by atoms with van der Waals surface area (Å²) in [6.45, 7) is 4.01. The molecule has 0 saturated carbocycles. The number of aliphatic hydroxyl groups is 1. The number of methoxy groups -OCH3 is 2. The van der Waals surface area contributed by atoms with Crippen molar-refractivity contribution in [3.63, 3.8) is 0 Å². The lowest BCUT2D eigenvalue weighted by molar-refractivity contribution is -0.178. The summed E-state index contributed by atoms with van der Waals surface area (Å²) in [5.41, 5.74) is -1.85. The molecule has 5 atom stereocenters. The topological polar surface area (TPSA) is 136 Å². The smallest absolute Gasteiger partial charge is 0.331 e. The van der Waals surface area contributed by atoms with Crippen LogP contribution in [0.5, 0.6) is 17.2 Å². The third-order valence-electron chi connectivity index (χ3n) is 8.77. The number of carbonyl (C=O) groups excluding carboxylic acids is 3. The van der Waals surface area contributed by atoms with Crippen LogP contribution in [-0.2, 0) is 38.7 Å². The maximum Gasteiger partial charge on any atom is 0.331 e. The van der Waals surface area contributed by atoms with E-state index in [9.17, 15) is 19.5 Å². The van der Waals surface area contributed by atoms with E-state index in [2.05, 4.69) is 0 Å². The summed E-state index contributed by atoms with van der Waals surface area (Å²) >= 11 is 0. The molecule has 2 heterocycles. The number of hydrogen-bond acceptors (Lipinski definition) is 11. The van der Waals surface area contributed by atoms with E-state index in [0.29, 0.717) is 16.9 Å². The lowest BCUT2D eigenvalue weighted by Gasteiger charge is -2.48. The van der Waals surface area contributed by atoms with Gasteiger partial charge in [-0.15, -0.1) is 0 Å². The van der Waals surface area contributed by atoms with Crippen molar-refractivity contribution < 1.29 is 52.6 Å². The molecular formula is C33H32O11. The summed E-state index contributed by atoms with van der Waals surface area (Å²) in [6.07, 6.45) is 1.88. The molecule has 11 nitrogen and oxygen atoms in total. The summed E-state index contributed by atoms with van der Waals surface area (Å²) < 4.78 is 40.6. The first kappa shape index (κ1) is 29.3. The molecule has 2 aromatic rings. The van der Waals surface area contributed by atoms with Gasteiger partial charge >= 0.3 is 11.9 Å². The van der Waals surface area contributed by atoms with Crippen LogP contribution in [0.15, 0.2) is 65.6 Å². The molecule has 0 aromatic heterocycles. The number of ketones is 1. The highest BCUT2D eigenvalue weighted by Crippen LogP contribution is 2.62. The average molecular weight is 605 g/mol. The molecule has 230 valence electrons. The van der Waals surface area contributed by atoms with E-state index in [1.807, 2.05) is 30.3 Å². The van der Waals surface area contributed by atoms with Crippen LogP contribution in [0.1, 0.15) is 43.6 Å². The Labute approximate surface area is 253 Å². The van der Waals surface area contributed by atoms with Gasteiger partial charge < -0.3 is 38.3 Å². The van der Waals surface area contributed by atoms with E-state index in [4.69, 9.17) is 33.2 Å². The Morgan fingerprint density at radius 3 is 2.48 bits per heavy atom. The number of fused-ring (bicyclic) bond motifs is 2. The Balaban J connectivity index is 1.61. The number of carbonyl (C=O) groups is 3. The van der Waals surface area contributed by atoms with E-state index in [0.717, 1.165) is 5.56 Å². The second-order valence-corrected chi connectivity index (χ2v) is 11.2. The van der Waals surface area contributed by atoms with Gasteiger partial charge in [0.1, 0.15) is 23.7 Å². The Kier molecular flexibility index (Phi) is 7.16. The predicted molar refractivity (Wildman–Crippen MR) is 154 cm³/mol. The van der Waals surface area contributed by atoms with Gasteiger partial charge in [0.05, 0.1) is 14.2 Å². The number of benzene rings is 2. The Morgan fingerprint density at radius 1 is 1.05 bits per heavy atom. The van der Waals surface area contributed by atoms with Crippen LogP contribution in [-0.4, -0.2) is 62.2 Å². The maximum absolute atomic E-state index is 14.6. The Morgan fingerprint density at radius 2 is 1.80 bits per heavy atom. The van der Waals surface area contributed by atoms with Gasteiger partial charge in [0, 0.05) is 30.0 Å². The van der Waals surface area contributed by atoms with Crippen molar-refractivity contribution >= 4 is 23.8 Å². The first-order valence-electron chi connectivity index (χ1n) is 14.1. The van der Waals surface area contributed by atoms with Crippen LogP contribution < -0.4 is 14.2 Å². The molecule has 2 aliphatic heterocycles. The van der Waals surface area contributed by atoms with Gasteiger partial charge in [-0.2, -0.15) is 0 Å². The van der Waals surface area contributed by atoms with Crippen molar-refractivity contribution in [1.29, 1.82) is 0 Å². The molecule has 0 saturated heterocycles. The van der Waals surface area contributed by atoms with E-state index in [-0.39, 0.29) is 42.0 Å². The molecule has 0 radical (unpaired) electrons. The van der Waals surface area contributed by atoms with E-state index < -0.39 is 46.9 Å². The number of esters is 2. The van der Waals surface area contributed by atoms with Crippen LogP contribution >= 0.6 is 0 Å². The normalized spacial score (nSPS) is 28.3. The summed E-state index contributed by atoms with van der Waals surface area (Å²) in [5.74, 6) is -2.02. The summed E-state index contributed by atoms with van der Waals surface area (Å²) in [4.78, 5) is 40.5. The zero-order valence-corrected chi connectivity index (χ0v) is 24.9. The molecule has 44 heavy (non-hydrogen) atoms. The number of allylic oxidation sites excluding steroid dienone is 2. The maximum atomic E-state index is 14.6. The zero-order chi connectivity index (χ0) is 31.4. The lowest BCUT2D eigenvalue weighted by atomic mass is 9.59. The summed E-state index contributed by atoms with van der Waals surface area (Å²) in [5, 5.41) is 12.3. The van der Waals surface area contributed by atoms with Gasteiger partial charge in [0.2, 0.25) is 24.1 Å². The SMILES string of the molecule is COC1=C(OC)C(=O)C23COc4c5c(cc(c42)C(OC(=O)C=Cc2ccccc2)C(C)C(C)(O)C(OC(C)=O)C3=C1)OCO5. The molecule has 0 amide bonds. The van der Waals surface area contributed by atoms with E-state index in [1.165, 1.54) is 40.2 Å². The predicted octanol–water partition coefficient (Wildman–Crippen LogP) is 3.69. The first-order chi connectivity index (χ1) is 21.0. The highest BCUT2D eigenvalue weighted by Gasteiger charge is 2.64. The fourth-order valence-electron chi connectivity index (χ4n) is 6.44. The van der Waals surface area contributed by atoms with Gasteiger partial charge in [0.15, 0.2) is 23.4 Å². The number of hydrogen-bond donors (Lipinski definition) is 1. The molecule has 0 bridgehead atoms. The third-order valence-corrected chi connectivity index (χ3v) is 8.77. The number of rotatable bonds is 6. The monoisotopic (exact) mass is 604 g/mol. The Bertz CT molecular complexity index is 1630. The first-order valence-corrected chi connectivity index (χ1v) is 14.1. The van der Waals surface area contributed by atoms with Gasteiger partial charge in [-0.25, -0.2) is 4.79 Å². The second kappa shape index (κ2) is 10.7. The van der Waals surface area contributed by atoms with Gasteiger partial charge in [-0.1, -0.05) is 37.3 Å². The van der Waals surface area contributed by atoms with Gasteiger partial charge in [-0.3, -0.25) is 9.59 Å². The fraction of sp³-hybridized carbons (Fsp3) is 0.364. The van der Waals surface area contributed by atoms with Crippen LogP contribution in [0.25, 0.3) is 6.08 Å². The standard InChI is InChI=1S/C33H32O11/c1-17-26(44-24(35)12-11-19-9-7-6-8-10-19)20-13-23-27(42-16-41-23)29-25(20)33(15-40-29)21(31(32(17,3)37)43-18(2)34)14-22(38-4)28(39-5)30(33)36/h6-14,17,26,31,37H,15-16H2,1-5H3. The molecule has 1 spiro atoms. The van der Waals surface area contributed by atoms with E-state index >= 15 is 0 Å². The molecule has 5 unspecified atom stereocenters. The Hall–Kier alpha value is -4.77. The minimum atomic E-state index is -1.89. The molecule has 2 aliphatic carbocycles. The third kappa shape index (κ3) is 4.33. The van der Waals surface area contributed by atoms with Gasteiger partial charge in [-0.05, 0) is 36.3 Å².